The van der Waals surface area contributed by atoms with Gasteiger partial charge in [-0.05, 0) is 31.0 Å². The molecule has 4 heteroatoms. The number of nitrogens with one attached hydrogen (secondary N) is 1. The van der Waals surface area contributed by atoms with Crippen LogP contribution in [0.4, 0.5) is 0 Å². The van der Waals surface area contributed by atoms with Crippen LogP contribution in [0.5, 0.6) is 0 Å². The third-order valence-electron chi connectivity index (χ3n) is 2.89. The summed E-state index contributed by atoms with van der Waals surface area (Å²) in [6.07, 6.45) is 0.733. The predicted molar refractivity (Wildman–Crippen MR) is 74.2 cm³/mol. The molecule has 0 radical (unpaired) electrons. The zero-order valence-corrected chi connectivity index (χ0v) is 10.9. The van der Waals surface area contributed by atoms with Gasteiger partial charge in [0.2, 0.25) is 0 Å². The van der Waals surface area contributed by atoms with Crippen LogP contribution in [-0.2, 0) is 11.2 Å². The second kappa shape index (κ2) is 4.90. The summed E-state index contributed by atoms with van der Waals surface area (Å²) in [5.41, 5.74) is 2.17. The minimum atomic E-state index is -0.954. The van der Waals surface area contributed by atoms with E-state index >= 15 is 0 Å². The van der Waals surface area contributed by atoms with Gasteiger partial charge in [-0.2, -0.15) is 12.6 Å². The van der Waals surface area contributed by atoms with Gasteiger partial charge in [0, 0.05) is 5.69 Å². The van der Waals surface area contributed by atoms with Crippen molar-refractivity contribution in [2.75, 3.05) is 0 Å². The fraction of sp³-hybridized carbons (Fsp3) is 0.214. The van der Waals surface area contributed by atoms with Crippen molar-refractivity contribution in [2.24, 2.45) is 0 Å². The molecule has 1 heterocycles. The van der Waals surface area contributed by atoms with E-state index in [1.807, 2.05) is 37.3 Å². The van der Waals surface area contributed by atoms with Gasteiger partial charge < -0.3 is 10.1 Å². The molecule has 1 unspecified atom stereocenters. The van der Waals surface area contributed by atoms with Gasteiger partial charge in [-0.25, -0.2) is 4.79 Å². The second-order valence-corrected chi connectivity index (χ2v) is 5.51. The Balaban J connectivity index is 2.22. The zero-order chi connectivity index (χ0) is 13.2. The molecule has 0 fully saturated rings. The Bertz CT molecular complexity index is 546. The quantitative estimate of drug-likeness (QED) is 0.741. The maximum atomic E-state index is 10.8. The lowest BCUT2D eigenvalue weighted by atomic mass is 9.97. The molecular weight excluding hydrogens is 246 g/mol. The van der Waals surface area contributed by atoms with E-state index < -0.39 is 10.7 Å². The van der Waals surface area contributed by atoms with Crippen molar-refractivity contribution in [3.63, 3.8) is 0 Å². The fourth-order valence-corrected chi connectivity index (χ4v) is 2.24. The Hall–Kier alpha value is -1.68. The number of hydrogen-bond acceptors (Lipinski definition) is 2. The predicted octanol–water partition coefficient (Wildman–Crippen LogP) is 3.10. The fourth-order valence-electron chi connectivity index (χ4n) is 1.92. The number of H-pyrrole nitrogens is 1. The van der Waals surface area contributed by atoms with E-state index in [1.54, 1.807) is 12.1 Å². The monoisotopic (exact) mass is 261 g/mol. The van der Waals surface area contributed by atoms with Gasteiger partial charge >= 0.3 is 5.97 Å². The topological polar surface area (TPSA) is 53.1 Å². The van der Waals surface area contributed by atoms with Gasteiger partial charge in [0.25, 0.3) is 0 Å². The smallest absolute Gasteiger partial charge is 0.352 e. The molecule has 2 aromatic rings. The summed E-state index contributed by atoms with van der Waals surface area (Å²) in [6.45, 7) is 1.97. The molecule has 1 aromatic heterocycles. The normalized spacial score (nSPS) is 14.1. The van der Waals surface area contributed by atoms with Gasteiger partial charge in [-0.3, -0.25) is 0 Å². The van der Waals surface area contributed by atoms with Crippen molar-refractivity contribution in [2.45, 2.75) is 18.1 Å². The van der Waals surface area contributed by atoms with Crippen molar-refractivity contribution < 1.29 is 9.90 Å². The first-order valence-electron chi connectivity index (χ1n) is 5.68. The van der Waals surface area contributed by atoms with Gasteiger partial charge in [-0.15, -0.1) is 0 Å². The number of carboxylic acids is 1. The van der Waals surface area contributed by atoms with Crippen LogP contribution in [0.25, 0.3) is 0 Å². The molecule has 1 atom stereocenters. The van der Waals surface area contributed by atoms with Crippen LogP contribution in [0.3, 0.4) is 0 Å². The first-order valence-corrected chi connectivity index (χ1v) is 6.13. The Labute approximate surface area is 111 Å². The molecule has 0 bridgehead atoms. The van der Waals surface area contributed by atoms with Crippen molar-refractivity contribution in [3.05, 3.63) is 59.4 Å². The van der Waals surface area contributed by atoms with Crippen molar-refractivity contribution >= 4 is 18.6 Å². The van der Waals surface area contributed by atoms with Gasteiger partial charge in [0.1, 0.15) is 5.69 Å². The average Bonchev–Trinajstić information content (AvgIpc) is 2.79. The summed E-state index contributed by atoms with van der Waals surface area (Å²) in [4.78, 5) is 13.7. The van der Waals surface area contributed by atoms with E-state index in [2.05, 4.69) is 17.6 Å². The number of rotatable bonds is 4. The van der Waals surface area contributed by atoms with E-state index in [0.29, 0.717) is 0 Å². The van der Waals surface area contributed by atoms with E-state index in [0.717, 1.165) is 12.1 Å². The third kappa shape index (κ3) is 2.76. The molecule has 0 aliphatic heterocycles. The van der Waals surface area contributed by atoms with Crippen molar-refractivity contribution in [3.8, 4) is 0 Å². The molecule has 3 nitrogen and oxygen atoms in total. The molecule has 0 spiro atoms. The van der Waals surface area contributed by atoms with Crippen LogP contribution in [0.2, 0.25) is 0 Å². The number of aromatic carboxylic acids is 1. The zero-order valence-electron chi connectivity index (χ0n) is 10.1. The first kappa shape index (κ1) is 12.8. The van der Waals surface area contributed by atoms with Crippen LogP contribution >= 0.6 is 12.6 Å². The summed E-state index contributed by atoms with van der Waals surface area (Å²) in [5.74, 6) is -0.954. The maximum absolute atomic E-state index is 10.8. The number of thiol groups is 1. The Morgan fingerprint density at radius 2 is 1.94 bits per heavy atom. The number of aromatic nitrogens is 1. The number of benzene rings is 1. The SMILES string of the molecule is CC(S)(Cc1ccccc1)c1ccc(C(=O)O)[nH]1. The Morgan fingerprint density at radius 3 is 2.50 bits per heavy atom. The minimum Gasteiger partial charge on any atom is -0.477 e. The number of carbonyl (C=O) groups is 1. The molecule has 2 N–H and O–H groups in total. The van der Waals surface area contributed by atoms with Crippen LogP contribution in [0.15, 0.2) is 42.5 Å². The Kier molecular flexibility index (Phi) is 3.48. The molecule has 2 rings (SSSR count). The first-order chi connectivity index (χ1) is 8.49. The highest BCUT2D eigenvalue weighted by atomic mass is 32.1. The molecule has 0 saturated carbocycles. The van der Waals surface area contributed by atoms with Crippen LogP contribution < -0.4 is 0 Å². The molecular formula is C14H15NO2S. The van der Waals surface area contributed by atoms with Gasteiger partial charge in [-0.1, -0.05) is 30.3 Å². The second-order valence-electron chi connectivity index (χ2n) is 4.53. The maximum Gasteiger partial charge on any atom is 0.352 e. The molecule has 0 amide bonds. The highest BCUT2D eigenvalue weighted by Gasteiger charge is 2.24. The van der Waals surface area contributed by atoms with Gasteiger partial charge in [0.05, 0.1) is 4.75 Å². The summed E-state index contributed by atoms with van der Waals surface area (Å²) >= 11 is 4.65. The summed E-state index contributed by atoms with van der Waals surface area (Å²) in [7, 11) is 0. The molecule has 0 aliphatic carbocycles. The number of carboxylic acid groups (broad SMARTS) is 1. The van der Waals surface area contributed by atoms with Gasteiger partial charge in [0.15, 0.2) is 0 Å². The molecule has 0 saturated heterocycles. The van der Waals surface area contributed by atoms with Crippen molar-refractivity contribution in [1.29, 1.82) is 0 Å². The van der Waals surface area contributed by atoms with E-state index in [9.17, 15) is 4.79 Å². The lowest BCUT2D eigenvalue weighted by Crippen LogP contribution is -2.18. The molecule has 1 aromatic carbocycles. The van der Waals surface area contributed by atoms with E-state index in [1.165, 1.54) is 5.56 Å². The summed E-state index contributed by atoms with van der Waals surface area (Å²) in [6, 6.07) is 13.4. The molecule has 18 heavy (non-hydrogen) atoms. The highest BCUT2D eigenvalue weighted by Crippen LogP contribution is 2.31. The van der Waals surface area contributed by atoms with Crippen LogP contribution in [-0.4, -0.2) is 16.1 Å². The lowest BCUT2D eigenvalue weighted by molar-refractivity contribution is 0.0691. The van der Waals surface area contributed by atoms with E-state index in [-0.39, 0.29) is 5.69 Å². The van der Waals surface area contributed by atoms with Crippen LogP contribution in [0.1, 0.15) is 28.7 Å². The standard InChI is InChI=1S/C14H15NO2S/c1-14(18,9-10-5-3-2-4-6-10)12-8-7-11(15-12)13(16)17/h2-8,15,18H,9H2,1H3,(H,16,17). The summed E-state index contributed by atoms with van der Waals surface area (Å²) < 4.78 is -0.422. The highest BCUT2D eigenvalue weighted by molar-refractivity contribution is 7.81. The number of aromatic amines is 1. The lowest BCUT2D eigenvalue weighted by Gasteiger charge is -2.22. The Morgan fingerprint density at radius 1 is 1.28 bits per heavy atom. The molecule has 0 aliphatic rings. The van der Waals surface area contributed by atoms with Crippen LogP contribution in [0, 0.1) is 0 Å². The summed E-state index contributed by atoms with van der Waals surface area (Å²) in [5, 5.41) is 8.90. The minimum absolute atomic E-state index is 0.193. The number of hydrogen-bond donors (Lipinski definition) is 3. The van der Waals surface area contributed by atoms with E-state index in [4.69, 9.17) is 5.11 Å². The largest absolute Gasteiger partial charge is 0.477 e. The third-order valence-corrected chi connectivity index (χ3v) is 3.29. The average molecular weight is 261 g/mol. The van der Waals surface area contributed by atoms with Crippen molar-refractivity contribution in [1.82, 2.24) is 4.98 Å². The molecule has 94 valence electrons.